The van der Waals surface area contributed by atoms with Gasteiger partial charge in [-0.3, -0.25) is 9.69 Å². The van der Waals surface area contributed by atoms with Crippen LogP contribution in [0.1, 0.15) is 12.5 Å². The van der Waals surface area contributed by atoms with Crippen molar-refractivity contribution in [1.29, 1.82) is 5.26 Å². The monoisotopic (exact) mass is 299 g/mol. The van der Waals surface area contributed by atoms with E-state index in [-0.39, 0.29) is 11.9 Å². The SMILES string of the molecule is C=CCNC(=O)C(C)N1CCN(c2cc(C#N)ccn2)CC1. The van der Waals surface area contributed by atoms with E-state index in [0.29, 0.717) is 12.1 Å². The molecule has 1 aromatic rings. The molecule has 6 nitrogen and oxygen atoms in total. The molecule has 2 heterocycles. The highest BCUT2D eigenvalue weighted by molar-refractivity contribution is 5.81. The number of aromatic nitrogens is 1. The average Bonchev–Trinajstić information content (AvgIpc) is 2.59. The van der Waals surface area contributed by atoms with Crippen LogP contribution in [-0.4, -0.2) is 54.6 Å². The van der Waals surface area contributed by atoms with Gasteiger partial charge in [-0.05, 0) is 19.1 Å². The van der Waals surface area contributed by atoms with E-state index in [1.807, 2.05) is 6.92 Å². The molecule has 0 saturated carbocycles. The summed E-state index contributed by atoms with van der Waals surface area (Å²) in [5.41, 5.74) is 0.615. The van der Waals surface area contributed by atoms with Gasteiger partial charge in [0, 0.05) is 38.9 Å². The summed E-state index contributed by atoms with van der Waals surface area (Å²) in [5.74, 6) is 0.848. The predicted molar refractivity (Wildman–Crippen MR) is 85.4 cm³/mol. The Hall–Kier alpha value is -2.39. The molecule has 1 amide bonds. The number of pyridine rings is 1. The molecule has 0 bridgehead atoms. The fraction of sp³-hybridized carbons (Fsp3) is 0.438. The lowest BCUT2D eigenvalue weighted by atomic mass is 10.2. The second kappa shape index (κ2) is 7.57. The first-order valence-electron chi connectivity index (χ1n) is 7.39. The number of nitriles is 1. The Morgan fingerprint density at radius 2 is 2.27 bits per heavy atom. The van der Waals surface area contributed by atoms with Gasteiger partial charge in [-0.25, -0.2) is 4.98 Å². The number of hydrogen-bond donors (Lipinski definition) is 1. The summed E-state index contributed by atoms with van der Waals surface area (Å²) in [7, 11) is 0. The zero-order chi connectivity index (χ0) is 15.9. The third-order valence-corrected chi connectivity index (χ3v) is 3.86. The number of nitrogens with one attached hydrogen (secondary N) is 1. The minimum absolute atomic E-state index is 0.0259. The molecule has 6 heteroatoms. The molecule has 1 saturated heterocycles. The van der Waals surface area contributed by atoms with Crippen molar-refractivity contribution in [2.24, 2.45) is 0 Å². The van der Waals surface area contributed by atoms with Crippen LogP contribution in [0.2, 0.25) is 0 Å². The molecule has 0 aliphatic carbocycles. The maximum Gasteiger partial charge on any atom is 0.237 e. The van der Waals surface area contributed by atoms with Gasteiger partial charge in [-0.1, -0.05) is 6.08 Å². The second-order valence-corrected chi connectivity index (χ2v) is 5.25. The Bertz CT molecular complexity index is 572. The predicted octanol–water partition coefficient (Wildman–Crippen LogP) is 0.766. The van der Waals surface area contributed by atoms with E-state index in [2.05, 4.69) is 32.7 Å². The number of anilines is 1. The largest absolute Gasteiger partial charge is 0.354 e. The third-order valence-electron chi connectivity index (χ3n) is 3.86. The quantitative estimate of drug-likeness (QED) is 0.813. The van der Waals surface area contributed by atoms with Gasteiger partial charge in [0.1, 0.15) is 5.82 Å². The molecule has 1 aromatic heterocycles. The van der Waals surface area contributed by atoms with E-state index in [4.69, 9.17) is 5.26 Å². The molecular formula is C16H21N5O. The molecule has 116 valence electrons. The molecule has 0 spiro atoms. The van der Waals surface area contributed by atoms with Crippen LogP contribution >= 0.6 is 0 Å². The van der Waals surface area contributed by atoms with Crippen molar-refractivity contribution in [1.82, 2.24) is 15.2 Å². The highest BCUT2D eigenvalue weighted by Gasteiger charge is 2.25. The molecule has 0 radical (unpaired) electrons. The van der Waals surface area contributed by atoms with Crippen LogP contribution in [0.3, 0.4) is 0 Å². The molecule has 1 N–H and O–H groups in total. The van der Waals surface area contributed by atoms with E-state index >= 15 is 0 Å². The third kappa shape index (κ3) is 3.83. The van der Waals surface area contributed by atoms with Gasteiger partial charge in [0.05, 0.1) is 17.7 Å². The first-order valence-corrected chi connectivity index (χ1v) is 7.39. The van der Waals surface area contributed by atoms with Crippen LogP contribution in [0.4, 0.5) is 5.82 Å². The summed E-state index contributed by atoms with van der Waals surface area (Å²) in [6, 6.07) is 5.48. The highest BCUT2D eigenvalue weighted by Crippen LogP contribution is 2.15. The van der Waals surface area contributed by atoms with Crippen LogP contribution in [0.15, 0.2) is 31.0 Å². The van der Waals surface area contributed by atoms with E-state index in [9.17, 15) is 4.79 Å². The Balaban J connectivity index is 1.91. The van der Waals surface area contributed by atoms with Gasteiger partial charge >= 0.3 is 0 Å². The van der Waals surface area contributed by atoms with E-state index in [0.717, 1.165) is 32.0 Å². The number of carbonyl (C=O) groups excluding carboxylic acids is 1. The Morgan fingerprint density at radius 1 is 1.55 bits per heavy atom. The van der Waals surface area contributed by atoms with Gasteiger partial charge in [0.25, 0.3) is 0 Å². The number of piperazine rings is 1. The van der Waals surface area contributed by atoms with E-state index < -0.39 is 0 Å². The Morgan fingerprint density at radius 3 is 2.91 bits per heavy atom. The van der Waals surface area contributed by atoms with E-state index in [1.54, 1.807) is 24.4 Å². The molecule has 0 aromatic carbocycles. The molecule has 22 heavy (non-hydrogen) atoms. The Kier molecular flexibility index (Phi) is 5.50. The zero-order valence-corrected chi connectivity index (χ0v) is 12.8. The lowest BCUT2D eigenvalue weighted by Gasteiger charge is -2.37. The van der Waals surface area contributed by atoms with Crippen molar-refractivity contribution in [2.45, 2.75) is 13.0 Å². The maximum atomic E-state index is 12.0. The summed E-state index contributed by atoms with van der Waals surface area (Å²) in [4.78, 5) is 20.6. The molecule has 1 atom stereocenters. The summed E-state index contributed by atoms with van der Waals surface area (Å²) in [6.45, 7) is 9.18. The van der Waals surface area contributed by atoms with Crippen molar-refractivity contribution in [3.63, 3.8) is 0 Å². The number of nitrogens with zero attached hydrogens (tertiary/aromatic N) is 4. The van der Waals surface area contributed by atoms with Crippen LogP contribution in [0.25, 0.3) is 0 Å². The number of carbonyl (C=O) groups is 1. The fourth-order valence-electron chi connectivity index (χ4n) is 2.49. The van der Waals surface area contributed by atoms with Crippen molar-refractivity contribution in [2.75, 3.05) is 37.6 Å². The van der Waals surface area contributed by atoms with Crippen molar-refractivity contribution >= 4 is 11.7 Å². The van der Waals surface area contributed by atoms with Gasteiger partial charge in [0.15, 0.2) is 0 Å². The smallest absolute Gasteiger partial charge is 0.237 e. The topological polar surface area (TPSA) is 72.3 Å². The van der Waals surface area contributed by atoms with Gasteiger partial charge < -0.3 is 10.2 Å². The molecular weight excluding hydrogens is 278 g/mol. The van der Waals surface area contributed by atoms with Crippen LogP contribution in [0, 0.1) is 11.3 Å². The van der Waals surface area contributed by atoms with Gasteiger partial charge in [0.2, 0.25) is 5.91 Å². The minimum Gasteiger partial charge on any atom is -0.354 e. The van der Waals surface area contributed by atoms with Crippen LogP contribution < -0.4 is 10.2 Å². The lowest BCUT2D eigenvalue weighted by molar-refractivity contribution is -0.125. The number of hydrogen-bond acceptors (Lipinski definition) is 5. The lowest BCUT2D eigenvalue weighted by Crippen LogP contribution is -2.54. The zero-order valence-electron chi connectivity index (χ0n) is 12.8. The number of amides is 1. The highest BCUT2D eigenvalue weighted by atomic mass is 16.2. The molecule has 1 aliphatic heterocycles. The first kappa shape index (κ1) is 16.0. The van der Waals surface area contributed by atoms with Gasteiger partial charge in [-0.15, -0.1) is 6.58 Å². The van der Waals surface area contributed by atoms with Crippen molar-refractivity contribution in [3.05, 3.63) is 36.5 Å². The second-order valence-electron chi connectivity index (χ2n) is 5.25. The van der Waals surface area contributed by atoms with Crippen LogP contribution in [0.5, 0.6) is 0 Å². The number of rotatable bonds is 5. The van der Waals surface area contributed by atoms with E-state index in [1.165, 1.54) is 0 Å². The first-order chi connectivity index (χ1) is 10.7. The fourth-order valence-corrected chi connectivity index (χ4v) is 2.49. The van der Waals surface area contributed by atoms with Crippen molar-refractivity contribution < 1.29 is 4.79 Å². The summed E-state index contributed by atoms with van der Waals surface area (Å²) < 4.78 is 0. The maximum absolute atomic E-state index is 12.0. The summed E-state index contributed by atoms with van der Waals surface area (Å²) >= 11 is 0. The minimum atomic E-state index is -0.152. The normalized spacial score (nSPS) is 16.6. The Labute approximate surface area is 131 Å². The summed E-state index contributed by atoms with van der Waals surface area (Å²) in [6.07, 6.45) is 3.34. The van der Waals surface area contributed by atoms with Crippen LogP contribution in [-0.2, 0) is 4.79 Å². The standard InChI is InChI=1S/C16H21N5O/c1-3-5-19-16(22)13(2)20-7-9-21(10-8-20)15-11-14(12-17)4-6-18-15/h3-4,6,11,13H,1,5,7-10H2,2H3,(H,19,22). The van der Waals surface area contributed by atoms with Crippen molar-refractivity contribution in [3.8, 4) is 6.07 Å². The summed E-state index contributed by atoms with van der Waals surface area (Å²) in [5, 5.41) is 11.8. The molecule has 1 fully saturated rings. The van der Waals surface area contributed by atoms with Gasteiger partial charge in [-0.2, -0.15) is 5.26 Å². The molecule has 1 aliphatic rings. The molecule has 1 unspecified atom stereocenters. The molecule has 2 rings (SSSR count). The average molecular weight is 299 g/mol.